The summed E-state index contributed by atoms with van der Waals surface area (Å²) in [5.41, 5.74) is 0.770. The minimum absolute atomic E-state index is 0.159. The average molecular weight is 284 g/mol. The largest absolute Gasteiger partial charge is 0.472 e. The average Bonchev–Trinajstić information content (AvgIpc) is 3.05. The number of nitrogens with one attached hydrogen (secondary N) is 2. The van der Waals surface area contributed by atoms with Gasteiger partial charge in [0.1, 0.15) is 4.90 Å². The highest BCUT2D eigenvalue weighted by molar-refractivity contribution is 7.89. The summed E-state index contributed by atoms with van der Waals surface area (Å²) in [5, 5.41) is 6.98. The van der Waals surface area contributed by atoms with Crippen LogP contribution in [0.4, 0.5) is 0 Å². The third kappa shape index (κ3) is 3.66. The van der Waals surface area contributed by atoms with Gasteiger partial charge in [-0.25, -0.2) is 13.1 Å². The molecule has 2 aromatic heterocycles. The van der Waals surface area contributed by atoms with Gasteiger partial charge in [0.25, 0.3) is 0 Å². The van der Waals surface area contributed by atoms with E-state index in [0.29, 0.717) is 6.54 Å². The van der Waals surface area contributed by atoms with Crippen LogP contribution in [0.1, 0.15) is 5.56 Å². The highest BCUT2D eigenvalue weighted by atomic mass is 32.2. The molecule has 0 aromatic carbocycles. The van der Waals surface area contributed by atoms with Gasteiger partial charge in [-0.2, -0.15) is 5.10 Å². The normalized spacial score (nSPS) is 11.8. The van der Waals surface area contributed by atoms with Crippen molar-refractivity contribution in [2.75, 3.05) is 13.6 Å². The van der Waals surface area contributed by atoms with Gasteiger partial charge < -0.3 is 9.73 Å². The van der Waals surface area contributed by atoms with Crippen molar-refractivity contribution < 1.29 is 12.8 Å². The number of rotatable bonds is 7. The highest BCUT2D eigenvalue weighted by Crippen LogP contribution is 2.08. The number of sulfonamides is 1. The van der Waals surface area contributed by atoms with Crippen molar-refractivity contribution >= 4 is 10.0 Å². The summed E-state index contributed by atoms with van der Waals surface area (Å²) < 4.78 is 33.0. The second-order valence-electron chi connectivity index (χ2n) is 4.00. The predicted octanol–water partition coefficient (Wildman–Crippen LogP) is 0.174. The number of hydrogen-bond donors (Lipinski definition) is 2. The molecule has 0 atom stereocenters. The van der Waals surface area contributed by atoms with Gasteiger partial charge in [-0.15, -0.1) is 0 Å². The van der Waals surface area contributed by atoms with Gasteiger partial charge in [0.05, 0.1) is 25.3 Å². The monoisotopic (exact) mass is 284 g/mol. The van der Waals surface area contributed by atoms with E-state index < -0.39 is 10.0 Å². The fraction of sp³-hybridized carbons (Fsp3) is 0.364. The molecule has 0 spiro atoms. The summed E-state index contributed by atoms with van der Waals surface area (Å²) in [7, 11) is -1.71. The Morgan fingerprint density at radius 3 is 3.00 bits per heavy atom. The fourth-order valence-electron chi connectivity index (χ4n) is 1.49. The zero-order valence-electron chi connectivity index (χ0n) is 10.5. The quantitative estimate of drug-likeness (QED) is 0.757. The molecule has 0 aliphatic carbocycles. The third-order valence-electron chi connectivity index (χ3n) is 2.56. The van der Waals surface area contributed by atoms with Gasteiger partial charge in [-0.1, -0.05) is 0 Å². The summed E-state index contributed by atoms with van der Waals surface area (Å²) in [6.45, 7) is 1.54. The second kappa shape index (κ2) is 6.00. The van der Waals surface area contributed by atoms with E-state index in [1.807, 2.05) is 7.05 Å². The van der Waals surface area contributed by atoms with Gasteiger partial charge in [-0.05, 0) is 13.1 Å². The van der Waals surface area contributed by atoms with Gasteiger partial charge in [0.15, 0.2) is 0 Å². The number of likely N-dealkylation sites (N-methyl/N-ethyl adjacent to an activating group) is 1. The number of nitrogens with zero attached hydrogens (tertiary/aromatic N) is 2. The van der Waals surface area contributed by atoms with Crippen LogP contribution in [0.15, 0.2) is 40.3 Å². The summed E-state index contributed by atoms with van der Waals surface area (Å²) in [5.74, 6) is 0. The van der Waals surface area contributed by atoms with Crippen LogP contribution in [0.25, 0.3) is 0 Å². The third-order valence-corrected chi connectivity index (χ3v) is 3.91. The SMILES string of the molecule is CNCCn1cc(S(=O)(=O)NCc2ccoc2)cn1. The van der Waals surface area contributed by atoms with E-state index in [-0.39, 0.29) is 11.4 Å². The molecule has 0 radical (unpaired) electrons. The van der Waals surface area contributed by atoms with Crippen molar-refractivity contribution in [3.05, 3.63) is 36.5 Å². The van der Waals surface area contributed by atoms with E-state index in [9.17, 15) is 8.42 Å². The zero-order chi connectivity index (χ0) is 13.7. The molecule has 0 unspecified atom stereocenters. The van der Waals surface area contributed by atoms with E-state index in [1.165, 1.54) is 24.9 Å². The Bertz CT molecular complexity index is 604. The molecule has 19 heavy (non-hydrogen) atoms. The molecule has 2 rings (SSSR count). The van der Waals surface area contributed by atoms with Crippen LogP contribution in [0.5, 0.6) is 0 Å². The Morgan fingerprint density at radius 1 is 1.47 bits per heavy atom. The molecule has 2 N–H and O–H groups in total. The Hall–Kier alpha value is -1.64. The molecule has 2 heterocycles. The van der Waals surface area contributed by atoms with Crippen molar-refractivity contribution in [2.24, 2.45) is 0 Å². The van der Waals surface area contributed by atoms with Crippen molar-refractivity contribution in [2.45, 2.75) is 18.0 Å². The van der Waals surface area contributed by atoms with Crippen molar-refractivity contribution in [1.82, 2.24) is 19.8 Å². The smallest absolute Gasteiger partial charge is 0.243 e. The maximum atomic E-state index is 12.0. The van der Waals surface area contributed by atoms with Crippen LogP contribution < -0.4 is 10.0 Å². The lowest BCUT2D eigenvalue weighted by Crippen LogP contribution is -2.22. The molecule has 0 saturated carbocycles. The molecule has 8 heteroatoms. The van der Waals surface area contributed by atoms with Crippen molar-refractivity contribution in [1.29, 1.82) is 0 Å². The van der Waals surface area contributed by atoms with E-state index in [4.69, 9.17) is 4.42 Å². The number of hydrogen-bond acceptors (Lipinski definition) is 5. The van der Waals surface area contributed by atoms with Gasteiger partial charge in [0.2, 0.25) is 10.0 Å². The first-order valence-corrected chi connectivity index (χ1v) is 7.28. The number of furan rings is 1. The first kappa shape index (κ1) is 13.8. The number of aromatic nitrogens is 2. The van der Waals surface area contributed by atoms with Crippen LogP contribution in [0.2, 0.25) is 0 Å². The maximum Gasteiger partial charge on any atom is 0.243 e. The molecule has 0 saturated heterocycles. The first-order chi connectivity index (χ1) is 9.12. The lowest BCUT2D eigenvalue weighted by molar-refractivity contribution is 0.561. The first-order valence-electron chi connectivity index (χ1n) is 5.79. The predicted molar refractivity (Wildman–Crippen MR) is 68.9 cm³/mol. The fourth-order valence-corrected chi connectivity index (χ4v) is 2.46. The molecule has 2 aromatic rings. The molecule has 0 fully saturated rings. The molecule has 0 aliphatic heterocycles. The Balaban J connectivity index is 2.00. The maximum absolute atomic E-state index is 12.0. The Kier molecular flexibility index (Phi) is 4.35. The second-order valence-corrected chi connectivity index (χ2v) is 5.77. The van der Waals surface area contributed by atoms with E-state index in [0.717, 1.165) is 12.1 Å². The van der Waals surface area contributed by atoms with Crippen LogP contribution in [0.3, 0.4) is 0 Å². The highest BCUT2D eigenvalue weighted by Gasteiger charge is 2.16. The lowest BCUT2D eigenvalue weighted by Gasteiger charge is -2.02. The van der Waals surface area contributed by atoms with Gasteiger partial charge in [0, 0.05) is 24.8 Å². The minimum atomic E-state index is -3.54. The Morgan fingerprint density at radius 2 is 2.32 bits per heavy atom. The van der Waals surface area contributed by atoms with Crippen LogP contribution in [-0.4, -0.2) is 31.8 Å². The molecular formula is C11H16N4O3S. The molecule has 7 nitrogen and oxygen atoms in total. The standard InChI is InChI=1S/C11H16N4O3S/c1-12-3-4-15-8-11(7-13-15)19(16,17)14-6-10-2-5-18-9-10/h2,5,7-9,12,14H,3-4,6H2,1H3. The summed E-state index contributed by atoms with van der Waals surface area (Å²) >= 11 is 0. The van der Waals surface area contributed by atoms with Crippen LogP contribution in [-0.2, 0) is 23.1 Å². The zero-order valence-corrected chi connectivity index (χ0v) is 11.4. The van der Waals surface area contributed by atoms with E-state index in [2.05, 4.69) is 15.1 Å². The summed E-state index contributed by atoms with van der Waals surface area (Å²) in [6, 6.07) is 1.71. The minimum Gasteiger partial charge on any atom is -0.472 e. The summed E-state index contributed by atoms with van der Waals surface area (Å²) in [4.78, 5) is 0.159. The molecular weight excluding hydrogens is 268 g/mol. The topological polar surface area (TPSA) is 89.2 Å². The van der Waals surface area contributed by atoms with Crippen molar-refractivity contribution in [3.63, 3.8) is 0 Å². The van der Waals surface area contributed by atoms with E-state index in [1.54, 1.807) is 10.7 Å². The van der Waals surface area contributed by atoms with Gasteiger partial charge >= 0.3 is 0 Å². The Labute approximate surface area is 111 Å². The molecule has 0 amide bonds. The lowest BCUT2D eigenvalue weighted by atomic mass is 10.4. The van der Waals surface area contributed by atoms with Crippen molar-refractivity contribution in [3.8, 4) is 0 Å². The molecule has 0 aliphatic rings. The van der Waals surface area contributed by atoms with Crippen LogP contribution >= 0.6 is 0 Å². The summed E-state index contributed by atoms with van der Waals surface area (Å²) in [6.07, 6.45) is 5.85. The van der Waals surface area contributed by atoms with Gasteiger partial charge in [-0.3, -0.25) is 4.68 Å². The molecule has 0 bridgehead atoms. The van der Waals surface area contributed by atoms with Crippen LogP contribution in [0, 0.1) is 0 Å². The van der Waals surface area contributed by atoms with E-state index >= 15 is 0 Å². The molecule has 104 valence electrons.